The van der Waals surface area contributed by atoms with E-state index in [1.165, 1.54) is 0 Å². The van der Waals surface area contributed by atoms with Crippen molar-refractivity contribution >= 4 is 34.2 Å². The van der Waals surface area contributed by atoms with E-state index < -0.39 is 64.8 Å². The van der Waals surface area contributed by atoms with Crippen molar-refractivity contribution in [1.82, 2.24) is 9.55 Å². The van der Waals surface area contributed by atoms with Crippen LogP contribution in [0.2, 0.25) is 0 Å². The van der Waals surface area contributed by atoms with Crippen LogP contribution in [0, 0.1) is 0 Å². The minimum atomic E-state index is -5.90. The van der Waals surface area contributed by atoms with E-state index in [0.29, 0.717) is 4.57 Å². The summed E-state index contributed by atoms with van der Waals surface area (Å²) in [5.41, 5.74) is -1.76. The molecule has 16 nitrogen and oxygen atoms in total. The SMILES string of the molecule is O=c1ccn([C@@H]2O[C@H](COP(=O)([O-])OP(=O)([O-])OP([O-])(O)=S)[C@@H](O)[C@H]2O)c(=O)[nH]1. The van der Waals surface area contributed by atoms with Gasteiger partial charge in [0, 0.05) is 12.3 Å². The number of hydrogen-bond donors (Lipinski definition) is 4. The maximum atomic E-state index is 11.7. The average molecular weight is 497 g/mol. The molecule has 1 aromatic heterocycles. The molecule has 0 bridgehead atoms. The molecule has 0 aromatic carbocycles. The highest BCUT2D eigenvalue weighted by molar-refractivity contribution is 8.07. The molecule has 0 saturated carbocycles. The van der Waals surface area contributed by atoms with Crippen molar-refractivity contribution in [2.75, 3.05) is 6.61 Å². The Kier molecular flexibility index (Phi) is 7.54. The zero-order chi connectivity index (χ0) is 22.2. The number of aromatic nitrogens is 2. The highest BCUT2D eigenvalue weighted by Crippen LogP contribution is 2.61. The molecule has 166 valence electrons. The summed E-state index contributed by atoms with van der Waals surface area (Å²) in [6, 6.07) is 0.915. The van der Waals surface area contributed by atoms with Crippen LogP contribution in [0.3, 0.4) is 0 Å². The summed E-state index contributed by atoms with van der Waals surface area (Å²) in [6.45, 7) is -6.17. The first kappa shape index (κ1) is 24.7. The lowest BCUT2D eigenvalue weighted by atomic mass is 10.1. The maximum Gasteiger partial charge on any atom is 0.330 e. The first-order valence-electron chi connectivity index (χ1n) is 7.16. The second kappa shape index (κ2) is 8.86. The zero-order valence-electron chi connectivity index (χ0n) is 13.7. The normalized spacial score (nSPS) is 31.0. The quantitative estimate of drug-likeness (QED) is 0.248. The van der Waals surface area contributed by atoms with Crippen LogP contribution in [0.5, 0.6) is 0 Å². The van der Waals surface area contributed by atoms with Gasteiger partial charge in [-0.15, -0.1) is 0 Å². The summed E-state index contributed by atoms with van der Waals surface area (Å²) in [7, 11) is -11.6. The molecule has 0 radical (unpaired) electrons. The van der Waals surface area contributed by atoms with Crippen LogP contribution in [0.1, 0.15) is 6.23 Å². The second-order valence-electron chi connectivity index (χ2n) is 5.39. The Labute approximate surface area is 165 Å². The van der Waals surface area contributed by atoms with Gasteiger partial charge in [-0.2, -0.15) is 0 Å². The molecular weight excluding hydrogens is 485 g/mol. The van der Waals surface area contributed by atoms with Crippen molar-refractivity contribution in [2.24, 2.45) is 0 Å². The number of phosphoric ester groups is 1. The number of aliphatic hydroxyl groups excluding tert-OH is 2. The molecule has 1 aliphatic heterocycles. The smallest absolute Gasteiger partial charge is 0.330 e. The summed E-state index contributed by atoms with van der Waals surface area (Å²) in [5.74, 6) is 0. The first-order chi connectivity index (χ1) is 13.1. The highest BCUT2D eigenvalue weighted by atomic mass is 32.5. The predicted octanol–water partition coefficient (Wildman–Crippen LogP) is -4.28. The van der Waals surface area contributed by atoms with E-state index in [9.17, 15) is 43.6 Å². The number of hydrogen-bond acceptors (Lipinski definition) is 14. The number of aliphatic hydroxyl groups is 2. The first-order valence-corrected chi connectivity index (χ1v) is 12.7. The molecule has 7 atom stereocenters. The molecule has 1 aliphatic rings. The van der Waals surface area contributed by atoms with Crippen molar-refractivity contribution in [3.05, 3.63) is 33.1 Å². The van der Waals surface area contributed by atoms with E-state index in [2.05, 4.69) is 25.0 Å². The average Bonchev–Trinajstić information content (AvgIpc) is 2.78. The fraction of sp³-hybridized carbons (Fsp3) is 0.556. The Bertz CT molecular complexity index is 1000. The minimum absolute atomic E-state index is 0.699. The van der Waals surface area contributed by atoms with E-state index in [-0.39, 0.29) is 0 Å². The number of H-pyrrole nitrogens is 1. The van der Waals surface area contributed by atoms with E-state index in [1.807, 2.05) is 4.98 Å². The summed E-state index contributed by atoms with van der Waals surface area (Å²) in [4.78, 5) is 66.8. The lowest BCUT2D eigenvalue weighted by Crippen LogP contribution is -2.37. The third kappa shape index (κ3) is 6.95. The zero-order valence-corrected chi connectivity index (χ0v) is 17.2. The van der Waals surface area contributed by atoms with Crippen LogP contribution >= 0.6 is 22.4 Å². The highest BCUT2D eigenvalue weighted by Gasteiger charge is 2.44. The minimum Gasteiger partial charge on any atom is -0.780 e. The third-order valence-corrected chi connectivity index (χ3v) is 7.55. The standard InChI is InChI=1S/C9H15N2O14P3S/c12-5-1-2-11(9(15)10-5)8-7(14)6(13)4(23-8)3-22-26(16,17)24-27(18,19)25-28(20,21)29/h1-2,4,6-8,13-14H,3H2,(H,16,17)(H,18,19)(H,10,12,15)(H2,20,21,29)/p-3/t4-,6-,7-,8-/m1/s1. The molecule has 2 rings (SSSR count). The Morgan fingerprint density at radius 1 is 1.17 bits per heavy atom. The molecule has 1 aromatic rings. The monoisotopic (exact) mass is 497 g/mol. The number of nitrogens with one attached hydrogen (secondary N) is 1. The summed E-state index contributed by atoms with van der Waals surface area (Å²) in [5, 5.41) is 19.9. The summed E-state index contributed by atoms with van der Waals surface area (Å²) >= 11 is 3.75. The van der Waals surface area contributed by atoms with E-state index >= 15 is 0 Å². The molecule has 1 fully saturated rings. The van der Waals surface area contributed by atoms with Crippen molar-refractivity contribution in [3.63, 3.8) is 0 Å². The van der Waals surface area contributed by atoms with Crippen LogP contribution in [-0.2, 0) is 38.8 Å². The molecule has 20 heteroatoms. The Morgan fingerprint density at radius 2 is 1.79 bits per heavy atom. The van der Waals surface area contributed by atoms with Gasteiger partial charge in [-0.25, -0.2) is 9.11 Å². The van der Waals surface area contributed by atoms with Gasteiger partial charge in [-0.3, -0.25) is 27.8 Å². The number of aromatic amines is 1. The predicted molar refractivity (Wildman–Crippen MR) is 87.1 cm³/mol. The molecule has 29 heavy (non-hydrogen) atoms. The largest absolute Gasteiger partial charge is 0.780 e. The van der Waals surface area contributed by atoms with Gasteiger partial charge in [-0.1, -0.05) is 11.8 Å². The molecule has 2 heterocycles. The van der Waals surface area contributed by atoms with Gasteiger partial charge in [0.2, 0.25) is 0 Å². The number of rotatable bonds is 8. The number of nitrogens with zero attached hydrogens (tertiary/aromatic N) is 1. The summed E-state index contributed by atoms with van der Waals surface area (Å²) in [6.07, 6.45) is -5.79. The number of ether oxygens (including phenoxy) is 1. The fourth-order valence-electron chi connectivity index (χ4n) is 2.18. The second-order valence-corrected chi connectivity index (χ2v) is 11.1. The van der Waals surface area contributed by atoms with Crippen molar-refractivity contribution < 1.29 is 56.8 Å². The van der Waals surface area contributed by atoms with Gasteiger partial charge < -0.3 is 39.0 Å². The van der Waals surface area contributed by atoms with Gasteiger partial charge in [0.1, 0.15) is 25.0 Å². The van der Waals surface area contributed by atoms with Crippen molar-refractivity contribution in [2.45, 2.75) is 24.5 Å². The van der Waals surface area contributed by atoms with Gasteiger partial charge in [0.15, 0.2) is 6.23 Å². The Morgan fingerprint density at radius 3 is 2.34 bits per heavy atom. The lowest BCUT2D eigenvalue weighted by Gasteiger charge is -2.34. The Balaban J connectivity index is 2.06. The molecule has 3 unspecified atom stereocenters. The van der Waals surface area contributed by atoms with Gasteiger partial charge in [-0.05, 0) is 0 Å². The Hall–Kier alpha value is -0.610. The van der Waals surface area contributed by atoms with Crippen LogP contribution in [-0.4, -0.2) is 49.6 Å². The fourth-order valence-corrected chi connectivity index (χ4v) is 5.81. The van der Waals surface area contributed by atoms with Gasteiger partial charge in [0.05, 0.1) is 6.61 Å². The molecule has 0 amide bonds. The molecule has 1 saturated heterocycles. The van der Waals surface area contributed by atoms with E-state index in [4.69, 9.17) is 9.63 Å². The van der Waals surface area contributed by atoms with Crippen molar-refractivity contribution in [3.8, 4) is 0 Å². The van der Waals surface area contributed by atoms with Gasteiger partial charge >= 0.3 is 5.69 Å². The summed E-state index contributed by atoms with van der Waals surface area (Å²) < 4.78 is 39.7. The van der Waals surface area contributed by atoms with E-state index in [1.54, 1.807) is 0 Å². The molecule has 4 N–H and O–H groups in total. The maximum absolute atomic E-state index is 11.7. The van der Waals surface area contributed by atoms with Crippen LogP contribution in [0.15, 0.2) is 21.9 Å². The topological polar surface area (TPSA) is 256 Å². The van der Waals surface area contributed by atoms with Crippen molar-refractivity contribution in [1.29, 1.82) is 0 Å². The van der Waals surface area contributed by atoms with Crippen LogP contribution < -0.4 is 25.9 Å². The van der Waals surface area contributed by atoms with E-state index in [0.717, 1.165) is 12.3 Å². The molecule has 0 spiro atoms. The third-order valence-electron chi connectivity index (χ3n) is 3.26. The lowest BCUT2D eigenvalue weighted by molar-refractivity contribution is -0.246. The van der Waals surface area contributed by atoms with Crippen LogP contribution in [0.4, 0.5) is 0 Å². The van der Waals surface area contributed by atoms with Gasteiger partial charge in [0.25, 0.3) is 21.2 Å². The number of phosphoric acid groups is 2. The molecular formula is C9H12N2O14P3S-3. The van der Waals surface area contributed by atoms with Crippen LogP contribution in [0.25, 0.3) is 0 Å². The molecule has 0 aliphatic carbocycles.